The molecule has 2 aliphatic rings. The van der Waals surface area contributed by atoms with Crippen LogP contribution in [0.2, 0.25) is 0 Å². The van der Waals surface area contributed by atoms with Crippen molar-refractivity contribution in [3.8, 4) is 0 Å². The zero-order valence-electron chi connectivity index (χ0n) is 20.1. The molecule has 0 bridgehead atoms. The molecule has 1 aliphatic heterocycles. The highest BCUT2D eigenvalue weighted by Gasteiger charge is 2.56. The number of hydroxylamine groups is 1. The van der Waals surface area contributed by atoms with Crippen LogP contribution < -0.4 is 21.3 Å². The third-order valence-electron chi connectivity index (χ3n) is 6.81. The Morgan fingerprint density at radius 3 is 2.32 bits per heavy atom. The van der Waals surface area contributed by atoms with Gasteiger partial charge in [-0.1, -0.05) is 0 Å². The Bertz CT molecular complexity index is 1190. The second-order valence-electron chi connectivity index (χ2n) is 9.46. The number of hydrogen-bond acceptors (Lipinski definition) is 8. The van der Waals surface area contributed by atoms with Gasteiger partial charge in [0, 0.05) is 31.5 Å². The number of nitrogens with one attached hydrogen (secondary N) is 3. The average Bonchev–Trinajstić information content (AvgIpc) is 3.65. The molecule has 1 unspecified atom stereocenters. The zero-order chi connectivity index (χ0) is 27.7. The van der Waals surface area contributed by atoms with Gasteiger partial charge in [-0.25, -0.2) is 20.5 Å². The maximum absolute atomic E-state index is 13.2. The van der Waals surface area contributed by atoms with E-state index >= 15 is 0 Å². The number of H-pyrrole nitrogens is 1. The van der Waals surface area contributed by atoms with E-state index in [-0.39, 0.29) is 24.4 Å². The van der Waals surface area contributed by atoms with E-state index in [9.17, 15) is 35.9 Å². The van der Waals surface area contributed by atoms with Gasteiger partial charge >= 0.3 is 12.4 Å². The van der Waals surface area contributed by atoms with Crippen LogP contribution in [-0.2, 0) is 22.0 Å². The van der Waals surface area contributed by atoms with Crippen molar-refractivity contribution in [3.63, 3.8) is 0 Å². The number of carbonyl (C=O) groups is 1. The van der Waals surface area contributed by atoms with Crippen molar-refractivity contribution in [3.05, 3.63) is 40.1 Å². The second-order valence-corrected chi connectivity index (χ2v) is 9.46. The standard InChI is InChI=1S/C22H25F6N7O3/c1-12(32-15-10-31-33-17(36)16(15)22(26,27)28)11-38-34-18(37)20(4-5-20)13-2-6-35(7-3-13)19-29-8-14(9-30-19)21(23,24)25/h8-10,12-13H,2-7,11H2,1H3,(H,34,37)(H2,32,33,36). The van der Waals surface area contributed by atoms with Gasteiger partial charge in [0.2, 0.25) is 11.9 Å². The summed E-state index contributed by atoms with van der Waals surface area (Å²) >= 11 is 0. The number of aromatic amines is 1. The van der Waals surface area contributed by atoms with Gasteiger partial charge in [0.15, 0.2) is 0 Å². The summed E-state index contributed by atoms with van der Waals surface area (Å²) in [4.78, 5) is 39.1. The minimum Gasteiger partial charge on any atom is -0.378 e. The first kappa shape index (κ1) is 27.6. The largest absolute Gasteiger partial charge is 0.423 e. The summed E-state index contributed by atoms with van der Waals surface area (Å²) in [7, 11) is 0. The number of carbonyl (C=O) groups excluding carboxylic acids is 1. The summed E-state index contributed by atoms with van der Waals surface area (Å²) < 4.78 is 77.7. The maximum atomic E-state index is 13.2. The lowest BCUT2D eigenvalue weighted by Gasteiger charge is -2.35. The molecule has 3 N–H and O–H groups in total. The molecule has 208 valence electrons. The van der Waals surface area contributed by atoms with Crippen LogP contribution in [-0.4, -0.2) is 51.8 Å². The van der Waals surface area contributed by atoms with Crippen LogP contribution in [0.1, 0.15) is 43.7 Å². The van der Waals surface area contributed by atoms with E-state index in [2.05, 4.69) is 25.9 Å². The Morgan fingerprint density at radius 2 is 1.76 bits per heavy atom. The smallest absolute Gasteiger partial charge is 0.378 e. The lowest BCUT2D eigenvalue weighted by Crippen LogP contribution is -2.43. The van der Waals surface area contributed by atoms with Crippen molar-refractivity contribution in [2.24, 2.45) is 11.3 Å². The van der Waals surface area contributed by atoms with Crippen LogP contribution in [0.3, 0.4) is 0 Å². The molecule has 0 spiro atoms. The molecule has 3 heterocycles. The number of amides is 1. The normalized spacial score (nSPS) is 18.7. The van der Waals surface area contributed by atoms with E-state index < -0.39 is 46.2 Å². The van der Waals surface area contributed by atoms with E-state index in [4.69, 9.17) is 4.84 Å². The number of aromatic nitrogens is 4. The fourth-order valence-corrected chi connectivity index (χ4v) is 4.65. The Labute approximate surface area is 212 Å². The first-order chi connectivity index (χ1) is 17.8. The maximum Gasteiger partial charge on any atom is 0.423 e. The third kappa shape index (κ3) is 6.00. The zero-order valence-corrected chi connectivity index (χ0v) is 20.1. The van der Waals surface area contributed by atoms with Crippen molar-refractivity contribution < 1.29 is 36.0 Å². The molecule has 2 aromatic rings. The van der Waals surface area contributed by atoms with Crippen LogP contribution in [0.4, 0.5) is 38.0 Å². The number of anilines is 2. The predicted octanol–water partition coefficient (Wildman–Crippen LogP) is 3.14. The number of hydrogen-bond donors (Lipinski definition) is 3. The Morgan fingerprint density at radius 1 is 1.13 bits per heavy atom. The topological polar surface area (TPSA) is 125 Å². The summed E-state index contributed by atoms with van der Waals surface area (Å²) in [6, 6.07) is -0.706. The van der Waals surface area contributed by atoms with Crippen LogP contribution >= 0.6 is 0 Å². The highest BCUT2D eigenvalue weighted by atomic mass is 19.4. The van der Waals surface area contributed by atoms with Gasteiger partial charge in [-0.05, 0) is 38.5 Å². The lowest BCUT2D eigenvalue weighted by molar-refractivity contribution is -0.142. The fraction of sp³-hybridized carbons (Fsp3) is 0.591. The molecular weight excluding hydrogens is 524 g/mol. The average molecular weight is 549 g/mol. The van der Waals surface area contributed by atoms with E-state index in [0.29, 0.717) is 38.8 Å². The molecule has 1 amide bonds. The van der Waals surface area contributed by atoms with Gasteiger partial charge in [-0.15, -0.1) is 0 Å². The molecule has 38 heavy (non-hydrogen) atoms. The molecule has 1 saturated carbocycles. The number of alkyl halides is 6. The van der Waals surface area contributed by atoms with E-state index in [1.54, 1.807) is 10.00 Å². The first-order valence-corrected chi connectivity index (χ1v) is 11.8. The molecule has 2 fully saturated rings. The fourth-order valence-electron chi connectivity index (χ4n) is 4.65. The summed E-state index contributed by atoms with van der Waals surface area (Å²) in [5.41, 5.74) is -2.47. The van der Waals surface area contributed by atoms with Crippen LogP contribution in [0.25, 0.3) is 0 Å². The van der Waals surface area contributed by atoms with Crippen molar-refractivity contribution in [2.75, 3.05) is 29.9 Å². The number of rotatable bonds is 8. The van der Waals surface area contributed by atoms with Crippen LogP contribution in [0, 0.1) is 11.3 Å². The molecular formula is C22H25F6N7O3. The summed E-state index contributed by atoms with van der Waals surface area (Å²) in [5, 5.41) is 7.65. The monoisotopic (exact) mass is 549 g/mol. The molecule has 2 aromatic heterocycles. The predicted molar refractivity (Wildman–Crippen MR) is 121 cm³/mol. The minimum atomic E-state index is -4.89. The van der Waals surface area contributed by atoms with Gasteiger partial charge in [0.1, 0.15) is 5.56 Å². The number of halogens is 6. The Hall–Kier alpha value is -3.43. The molecule has 1 aliphatic carbocycles. The number of nitrogens with zero attached hydrogens (tertiary/aromatic N) is 4. The van der Waals surface area contributed by atoms with Gasteiger partial charge < -0.3 is 10.2 Å². The van der Waals surface area contributed by atoms with E-state index in [1.165, 1.54) is 6.92 Å². The molecule has 16 heteroatoms. The van der Waals surface area contributed by atoms with Crippen molar-refractivity contribution in [2.45, 2.75) is 51.0 Å². The molecule has 0 radical (unpaired) electrons. The van der Waals surface area contributed by atoms with Crippen molar-refractivity contribution >= 4 is 17.5 Å². The first-order valence-electron chi connectivity index (χ1n) is 11.8. The van der Waals surface area contributed by atoms with Crippen molar-refractivity contribution in [1.29, 1.82) is 0 Å². The van der Waals surface area contributed by atoms with Gasteiger partial charge in [0.05, 0.1) is 29.5 Å². The second kappa shape index (κ2) is 10.4. The molecule has 0 aromatic carbocycles. The summed E-state index contributed by atoms with van der Waals surface area (Å²) in [6.45, 7) is 2.27. The van der Waals surface area contributed by atoms with E-state index in [1.807, 2.05) is 0 Å². The van der Waals surface area contributed by atoms with Crippen LogP contribution in [0.5, 0.6) is 0 Å². The highest BCUT2D eigenvalue weighted by Crippen LogP contribution is 2.55. The molecule has 4 rings (SSSR count). The highest BCUT2D eigenvalue weighted by molar-refractivity contribution is 5.84. The van der Waals surface area contributed by atoms with Gasteiger partial charge in [-0.3, -0.25) is 14.4 Å². The Balaban J connectivity index is 1.26. The van der Waals surface area contributed by atoms with E-state index in [0.717, 1.165) is 18.6 Å². The molecule has 1 atom stereocenters. The minimum absolute atomic E-state index is 0.0174. The van der Waals surface area contributed by atoms with Gasteiger partial charge in [-0.2, -0.15) is 31.4 Å². The van der Waals surface area contributed by atoms with Crippen molar-refractivity contribution in [1.82, 2.24) is 25.6 Å². The van der Waals surface area contributed by atoms with Crippen LogP contribution in [0.15, 0.2) is 23.4 Å². The molecule has 1 saturated heterocycles. The third-order valence-corrected chi connectivity index (χ3v) is 6.81. The summed E-state index contributed by atoms with van der Waals surface area (Å²) in [6.07, 6.45) is -4.58. The quantitative estimate of drug-likeness (QED) is 0.339. The number of piperidine rings is 1. The van der Waals surface area contributed by atoms with Gasteiger partial charge in [0.25, 0.3) is 5.56 Å². The molecule has 10 nitrogen and oxygen atoms in total. The SMILES string of the molecule is CC(CONC(=O)C1(C2CCN(c3ncc(C(F)(F)F)cn3)CC2)CC1)Nc1cn[nH]c(=O)c1C(F)(F)F. The summed E-state index contributed by atoms with van der Waals surface area (Å²) in [5.74, 6) is -0.119. The Kier molecular flexibility index (Phi) is 7.54. The lowest BCUT2D eigenvalue weighted by atomic mass is 9.81.